The van der Waals surface area contributed by atoms with Crippen LogP contribution in [0.15, 0.2) is 42.5 Å². The highest BCUT2D eigenvalue weighted by atomic mass is 16.5. The number of benzene rings is 2. The Labute approximate surface area is 93.0 Å². The zero-order chi connectivity index (χ0) is 11.0. The molecule has 1 aliphatic heterocycles. The predicted molar refractivity (Wildman–Crippen MR) is 61.1 cm³/mol. The molecule has 0 aliphatic carbocycles. The van der Waals surface area contributed by atoms with Crippen molar-refractivity contribution in [2.24, 2.45) is 0 Å². The fourth-order valence-electron chi connectivity index (χ4n) is 1.85. The summed E-state index contributed by atoms with van der Waals surface area (Å²) >= 11 is 0. The highest BCUT2D eigenvalue weighted by Gasteiger charge is 2.27. The number of nitrogens with one attached hydrogen (secondary N) is 1. The second-order valence-corrected chi connectivity index (χ2v) is 3.86. The molecule has 80 valence electrons. The van der Waals surface area contributed by atoms with E-state index in [-0.39, 0.29) is 12.1 Å². The Bertz CT molecular complexity index is 537. The first kappa shape index (κ1) is 9.21. The first-order chi connectivity index (χ1) is 7.83. The van der Waals surface area contributed by atoms with Crippen LogP contribution < -0.4 is 10.1 Å². The lowest BCUT2D eigenvalue weighted by Crippen LogP contribution is -2.51. The molecule has 0 aromatic heterocycles. The van der Waals surface area contributed by atoms with Crippen LogP contribution in [0.3, 0.4) is 0 Å². The van der Waals surface area contributed by atoms with Gasteiger partial charge in [-0.25, -0.2) is 0 Å². The predicted octanol–water partition coefficient (Wildman–Crippen LogP) is 2.06. The van der Waals surface area contributed by atoms with Crippen molar-refractivity contribution in [3.05, 3.63) is 42.5 Å². The Morgan fingerprint density at radius 3 is 2.69 bits per heavy atom. The summed E-state index contributed by atoms with van der Waals surface area (Å²) in [7, 11) is 0. The number of β-lactam (4-membered cyclic amide) rings is 1. The van der Waals surface area contributed by atoms with Crippen molar-refractivity contribution < 1.29 is 9.53 Å². The van der Waals surface area contributed by atoms with E-state index in [0.29, 0.717) is 6.42 Å². The van der Waals surface area contributed by atoms with Crippen LogP contribution in [-0.4, -0.2) is 12.1 Å². The number of hydrogen-bond acceptors (Lipinski definition) is 2. The summed E-state index contributed by atoms with van der Waals surface area (Å²) in [5, 5.41) is 4.91. The lowest BCUT2D eigenvalue weighted by Gasteiger charge is -2.27. The average molecular weight is 213 g/mol. The maximum absolute atomic E-state index is 10.8. The van der Waals surface area contributed by atoms with E-state index in [1.807, 2.05) is 42.5 Å². The topological polar surface area (TPSA) is 38.3 Å². The maximum Gasteiger partial charge on any atom is 0.228 e. The zero-order valence-corrected chi connectivity index (χ0v) is 8.64. The van der Waals surface area contributed by atoms with Gasteiger partial charge in [0.05, 0.1) is 6.42 Å². The molecular weight excluding hydrogens is 202 g/mol. The second-order valence-electron chi connectivity index (χ2n) is 3.86. The molecule has 0 bridgehead atoms. The van der Waals surface area contributed by atoms with Crippen molar-refractivity contribution in [2.45, 2.75) is 12.6 Å². The normalized spacial score (nSPS) is 19.0. The number of fused-ring (bicyclic) bond motifs is 1. The fourth-order valence-corrected chi connectivity index (χ4v) is 1.85. The molecule has 0 spiro atoms. The van der Waals surface area contributed by atoms with Gasteiger partial charge in [-0.2, -0.15) is 0 Å². The Morgan fingerprint density at radius 2 is 1.88 bits per heavy atom. The van der Waals surface area contributed by atoms with E-state index in [1.165, 1.54) is 0 Å². The van der Waals surface area contributed by atoms with Gasteiger partial charge in [-0.1, -0.05) is 36.4 Å². The van der Waals surface area contributed by atoms with Gasteiger partial charge in [0.2, 0.25) is 5.91 Å². The first-order valence-electron chi connectivity index (χ1n) is 5.27. The van der Waals surface area contributed by atoms with Gasteiger partial charge in [0.25, 0.3) is 0 Å². The number of hydrogen-bond donors (Lipinski definition) is 1. The molecule has 0 radical (unpaired) electrons. The molecule has 1 N–H and O–H groups in total. The van der Waals surface area contributed by atoms with E-state index >= 15 is 0 Å². The largest absolute Gasteiger partial charge is 0.469 e. The van der Waals surface area contributed by atoms with E-state index in [4.69, 9.17) is 4.74 Å². The Kier molecular flexibility index (Phi) is 2.03. The van der Waals surface area contributed by atoms with Gasteiger partial charge >= 0.3 is 0 Å². The van der Waals surface area contributed by atoms with Gasteiger partial charge in [-0.3, -0.25) is 4.79 Å². The minimum atomic E-state index is -0.168. The summed E-state index contributed by atoms with van der Waals surface area (Å²) in [4.78, 5) is 10.8. The molecule has 1 saturated heterocycles. The van der Waals surface area contributed by atoms with Crippen molar-refractivity contribution in [1.82, 2.24) is 5.32 Å². The van der Waals surface area contributed by atoms with Crippen LogP contribution in [0, 0.1) is 0 Å². The van der Waals surface area contributed by atoms with Gasteiger partial charge in [-0.15, -0.1) is 0 Å². The summed E-state index contributed by atoms with van der Waals surface area (Å²) in [6, 6.07) is 14.0. The smallest absolute Gasteiger partial charge is 0.228 e. The van der Waals surface area contributed by atoms with Crippen molar-refractivity contribution >= 4 is 16.7 Å². The Morgan fingerprint density at radius 1 is 1.12 bits per heavy atom. The highest BCUT2D eigenvalue weighted by molar-refractivity contribution is 5.88. The van der Waals surface area contributed by atoms with Crippen molar-refractivity contribution in [1.29, 1.82) is 0 Å². The fraction of sp³-hybridized carbons (Fsp3) is 0.154. The molecule has 0 saturated carbocycles. The standard InChI is InChI=1S/C13H11NO2/c15-12-8-13(14-12)16-11-7-3-5-9-4-1-2-6-10(9)11/h1-7,13H,8H2,(H,14,15). The summed E-state index contributed by atoms with van der Waals surface area (Å²) in [5.41, 5.74) is 0. The molecule has 3 nitrogen and oxygen atoms in total. The van der Waals surface area contributed by atoms with Gasteiger partial charge in [-0.05, 0) is 11.5 Å². The van der Waals surface area contributed by atoms with E-state index < -0.39 is 0 Å². The monoisotopic (exact) mass is 213 g/mol. The molecule has 3 heteroatoms. The molecule has 2 aromatic carbocycles. The van der Waals surface area contributed by atoms with Crippen LogP contribution in [0.25, 0.3) is 10.8 Å². The maximum atomic E-state index is 10.8. The van der Waals surface area contributed by atoms with Gasteiger partial charge in [0.1, 0.15) is 5.75 Å². The summed E-state index contributed by atoms with van der Waals surface area (Å²) in [6.45, 7) is 0. The molecule has 2 aromatic rings. The zero-order valence-electron chi connectivity index (χ0n) is 8.64. The van der Waals surface area contributed by atoms with E-state index in [1.54, 1.807) is 0 Å². The number of carbonyl (C=O) groups is 1. The third-order valence-corrected chi connectivity index (χ3v) is 2.71. The number of carbonyl (C=O) groups excluding carboxylic acids is 1. The summed E-state index contributed by atoms with van der Waals surface area (Å²) < 4.78 is 5.70. The van der Waals surface area contributed by atoms with Crippen molar-refractivity contribution in [3.8, 4) is 5.75 Å². The first-order valence-corrected chi connectivity index (χ1v) is 5.27. The van der Waals surface area contributed by atoms with Crippen LogP contribution in [0.5, 0.6) is 5.75 Å². The van der Waals surface area contributed by atoms with Crippen LogP contribution in [0.2, 0.25) is 0 Å². The number of rotatable bonds is 2. The van der Waals surface area contributed by atoms with Crippen LogP contribution in [0.1, 0.15) is 6.42 Å². The average Bonchev–Trinajstić information content (AvgIpc) is 2.27. The third-order valence-electron chi connectivity index (χ3n) is 2.71. The van der Waals surface area contributed by atoms with Crippen LogP contribution in [0.4, 0.5) is 0 Å². The summed E-state index contributed by atoms with van der Waals surface area (Å²) in [6.07, 6.45) is 0.279. The Hall–Kier alpha value is -2.03. The molecule has 1 heterocycles. The summed E-state index contributed by atoms with van der Waals surface area (Å²) in [5.74, 6) is 0.869. The lowest BCUT2D eigenvalue weighted by atomic mass is 10.1. The van der Waals surface area contributed by atoms with Crippen LogP contribution in [-0.2, 0) is 4.79 Å². The van der Waals surface area contributed by atoms with Gasteiger partial charge < -0.3 is 10.1 Å². The molecule has 1 fully saturated rings. The molecule has 1 unspecified atom stereocenters. The van der Waals surface area contributed by atoms with Gasteiger partial charge in [0.15, 0.2) is 6.23 Å². The molecule has 3 rings (SSSR count). The van der Waals surface area contributed by atoms with E-state index in [2.05, 4.69) is 5.32 Å². The molecule has 16 heavy (non-hydrogen) atoms. The Balaban J connectivity index is 1.94. The van der Waals surface area contributed by atoms with Gasteiger partial charge in [0, 0.05) is 5.39 Å². The van der Waals surface area contributed by atoms with Crippen molar-refractivity contribution in [2.75, 3.05) is 0 Å². The van der Waals surface area contributed by atoms with Crippen molar-refractivity contribution in [3.63, 3.8) is 0 Å². The number of ether oxygens (including phenoxy) is 1. The molecular formula is C13H11NO2. The number of amides is 1. The van der Waals surface area contributed by atoms with E-state index in [0.717, 1.165) is 16.5 Å². The molecule has 1 amide bonds. The third kappa shape index (κ3) is 1.50. The van der Waals surface area contributed by atoms with Crippen LogP contribution >= 0.6 is 0 Å². The lowest BCUT2D eigenvalue weighted by molar-refractivity contribution is -0.134. The molecule has 1 atom stereocenters. The highest BCUT2D eigenvalue weighted by Crippen LogP contribution is 2.26. The minimum absolute atomic E-state index is 0.0465. The SMILES string of the molecule is O=C1CC(Oc2cccc3ccccc23)N1. The van der Waals surface area contributed by atoms with E-state index in [9.17, 15) is 4.79 Å². The quantitative estimate of drug-likeness (QED) is 0.775. The molecule has 1 aliphatic rings. The minimum Gasteiger partial charge on any atom is -0.469 e. The second kappa shape index (κ2) is 3.52.